The third-order valence-electron chi connectivity index (χ3n) is 3.31. The summed E-state index contributed by atoms with van der Waals surface area (Å²) >= 11 is 0. The molecule has 0 saturated carbocycles. The van der Waals surface area contributed by atoms with Crippen LogP contribution >= 0.6 is 0 Å². The highest BCUT2D eigenvalue weighted by molar-refractivity contribution is 5.22. The van der Waals surface area contributed by atoms with Crippen molar-refractivity contribution in [2.24, 2.45) is 5.92 Å². The summed E-state index contributed by atoms with van der Waals surface area (Å²) in [6.07, 6.45) is 6.37. The molecule has 0 fully saturated rings. The monoisotopic (exact) mass is 269 g/mol. The average Bonchev–Trinajstić information content (AvgIpc) is 2.48. The van der Waals surface area contributed by atoms with Crippen molar-refractivity contribution in [3.05, 3.63) is 60.2 Å². The number of aromatic nitrogens is 2. The molecule has 1 atom stereocenters. The van der Waals surface area contributed by atoms with Crippen molar-refractivity contribution in [1.82, 2.24) is 15.3 Å². The fourth-order valence-corrected chi connectivity index (χ4v) is 2.30. The molecule has 3 nitrogen and oxygen atoms in total. The van der Waals surface area contributed by atoms with Crippen LogP contribution < -0.4 is 5.32 Å². The van der Waals surface area contributed by atoms with Crippen molar-refractivity contribution in [2.75, 3.05) is 13.1 Å². The molecule has 0 spiro atoms. The van der Waals surface area contributed by atoms with Crippen molar-refractivity contribution >= 4 is 0 Å². The summed E-state index contributed by atoms with van der Waals surface area (Å²) in [4.78, 5) is 8.22. The Balaban J connectivity index is 2.04. The maximum atomic E-state index is 4.11. The molecule has 0 saturated heterocycles. The Morgan fingerprint density at radius 3 is 2.35 bits per heavy atom. The Labute approximate surface area is 121 Å². The van der Waals surface area contributed by atoms with E-state index in [0.717, 1.165) is 19.5 Å². The molecule has 106 valence electrons. The summed E-state index contributed by atoms with van der Waals surface area (Å²) in [5.41, 5.74) is 2.56. The van der Waals surface area contributed by atoms with Gasteiger partial charge in [-0.2, -0.15) is 0 Å². The number of benzene rings is 1. The Bertz CT molecular complexity index is 482. The molecule has 0 amide bonds. The van der Waals surface area contributed by atoms with E-state index in [-0.39, 0.29) is 0 Å². The third kappa shape index (κ3) is 4.74. The smallest absolute Gasteiger partial charge is 0.115 e. The first-order valence-electron chi connectivity index (χ1n) is 7.25. The fraction of sp³-hybridized carbons (Fsp3) is 0.412. The van der Waals surface area contributed by atoms with Gasteiger partial charge in [0, 0.05) is 24.9 Å². The zero-order valence-corrected chi connectivity index (χ0v) is 12.3. The molecule has 1 aromatic carbocycles. The summed E-state index contributed by atoms with van der Waals surface area (Å²) in [5, 5.41) is 3.56. The molecule has 1 heterocycles. The van der Waals surface area contributed by atoms with Crippen LogP contribution in [0.25, 0.3) is 0 Å². The van der Waals surface area contributed by atoms with E-state index in [0.29, 0.717) is 11.8 Å². The summed E-state index contributed by atoms with van der Waals surface area (Å²) in [6, 6.07) is 10.7. The van der Waals surface area contributed by atoms with Crippen molar-refractivity contribution in [2.45, 2.75) is 26.2 Å². The first kappa shape index (κ1) is 14.7. The Morgan fingerprint density at radius 1 is 1.00 bits per heavy atom. The van der Waals surface area contributed by atoms with E-state index in [1.807, 2.05) is 12.4 Å². The van der Waals surface area contributed by atoms with E-state index in [2.05, 4.69) is 59.5 Å². The van der Waals surface area contributed by atoms with E-state index in [4.69, 9.17) is 0 Å². The highest BCUT2D eigenvalue weighted by atomic mass is 14.9. The van der Waals surface area contributed by atoms with Crippen molar-refractivity contribution in [1.29, 1.82) is 0 Å². The molecular weight excluding hydrogens is 246 g/mol. The zero-order chi connectivity index (χ0) is 14.2. The van der Waals surface area contributed by atoms with Crippen molar-refractivity contribution in [3.63, 3.8) is 0 Å². The average molecular weight is 269 g/mol. The first-order chi connectivity index (χ1) is 9.75. The highest BCUT2D eigenvalue weighted by Crippen LogP contribution is 2.19. The van der Waals surface area contributed by atoms with E-state index in [1.165, 1.54) is 11.1 Å². The summed E-state index contributed by atoms with van der Waals surface area (Å²) in [6.45, 7) is 6.50. The standard InChI is InChI=1S/C17H23N3/c1-14(2)9-18-12-17(16-6-4-3-5-7-16)8-15-10-19-13-20-11-15/h3-7,10-11,13-14,17-18H,8-9,12H2,1-2H3. The predicted molar refractivity (Wildman–Crippen MR) is 82.6 cm³/mol. The largest absolute Gasteiger partial charge is 0.316 e. The minimum atomic E-state index is 0.459. The second-order valence-corrected chi connectivity index (χ2v) is 5.61. The SMILES string of the molecule is CC(C)CNCC(Cc1cncnc1)c1ccccc1. The molecule has 2 aromatic rings. The lowest BCUT2D eigenvalue weighted by atomic mass is 9.93. The highest BCUT2D eigenvalue weighted by Gasteiger charge is 2.12. The van der Waals surface area contributed by atoms with Gasteiger partial charge >= 0.3 is 0 Å². The Morgan fingerprint density at radius 2 is 1.70 bits per heavy atom. The molecule has 1 unspecified atom stereocenters. The van der Waals surface area contributed by atoms with Crippen LogP contribution in [0.1, 0.15) is 30.9 Å². The minimum Gasteiger partial charge on any atom is -0.316 e. The van der Waals surface area contributed by atoms with Crippen LogP contribution in [0.3, 0.4) is 0 Å². The summed E-state index contributed by atoms with van der Waals surface area (Å²) < 4.78 is 0. The lowest BCUT2D eigenvalue weighted by Gasteiger charge is -2.19. The van der Waals surface area contributed by atoms with Crippen LogP contribution in [-0.4, -0.2) is 23.1 Å². The second kappa shape index (κ2) is 7.75. The molecule has 0 aliphatic heterocycles. The van der Waals surface area contributed by atoms with Gasteiger partial charge in [0.25, 0.3) is 0 Å². The molecule has 0 radical (unpaired) electrons. The van der Waals surface area contributed by atoms with Crippen LogP contribution in [0, 0.1) is 5.92 Å². The molecule has 0 aliphatic carbocycles. The second-order valence-electron chi connectivity index (χ2n) is 5.61. The van der Waals surface area contributed by atoms with Crippen LogP contribution in [0.15, 0.2) is 49.1 Å². The predicted octanol–water partition coefficient (Wildman–Crippen LogP) is 3.05. The number of rotatable bonds is 7. The van der Waals surface area contributed by atoms with E-state index in [9.17, 15) is 0 Å². The summed E-state index contributed by atoms with van der Waals surface area (Å²) in [5.74, 6) is 1.13. The molecule has 1 N–H and O–H groups in total. The Kier molecular flexibility index (Phi) is 5.69. The van der Waals surface area contributed by atoms with Gasteiger partial charge in [-0.3, -0.25) is 0 Å². The van der Waals surface area contributed by atoms with Crippen LogP contribution in [0.4, 0.5) is 0 Å². The fourth-order valence-electron chi connectivity index (χ4n) is 2.30. The van der Waals surface area contributed by atoms with Gasteiger partial charge in [-0.15, -0.1) is 0 Å². The summed E-state index contributed by atoms with van der Waals surface area (Å²) in [7, 11) is 0. The van der Waals surface area contributed by atoms with Gasteiger partial charge in [0.1, 0.15) is 6.33 Å². The number of hydrogen-bond acceptors (Lipinski definition) is 3. The first-order valence-corrected chi connectivity index (χ1v) is 7.25. The molecule has 2 rings (SSSR count). The molecule has 20 heavy (non-hydrogen) atoms. The van der Waals surface area contributed by atoms with Crippen LogP contribution in [0.2, 0.25) is 0 Å². The van der Waals surface area contributed by atoms with Crippen molar-refractivity contribution in [3.8, 4) is 0 Å². The number of nitrogens with one attached hydrogen (secondary N) is 1. The number of nitrogens with zero attached hydrogens (tertiary/aromatic N) is 2. The normalized spacial score (nSPS) is 12.6. The topological polar surface area (TPSA) is 37.8 Å². The molecule has 0 bridgehead atoms. The maximum absolute atomic E-state index is 4.11. The quantitative estimate of drug-likeness (QED) is 0.839. The van der Waals surface area contributed by atoms with E-state index in [1.54, 1.807) is 6.33 Å². The maximum Gasteiger partial charge on any atom is 0.115 e. The number of hydrogen-bond donors (Lipinski definition) is 1. The van der Waals surface area contributed by atoms with Gasteiger partial charge in [-0.05, 0) is 30.0 Å². The molecule has 3 heteroatoms. The third-order valence-corrected chi connectivity index (χ3v) is 3.31. The van der Waals surface area contributed by atoms with Gasteiger partial charge in [0.05, 0.1) is 0 Å². The van der Waals surface area contributed by atoms with Crippen LogP contribution in [0.5, 0.6) is 0 Å². The molecule has 0 aliphatic rings. The van der Waals surface area contributed by atoms with Gasteiger partial charge in [0.15, 0.2) is 0 Å². The minimum absolute atomic E-state index is 0.459. The van der Waals surface area contributed by atoms with Crippen molar-refractivity contribution < 1.29 is 0 Å². The van der Waals surface area contributed by atoms with Gasteiger partial charge in [0.2, 0.25) is 0 Å². The zero-order valence-electron chi connectivity index (χ0n) is 12.3. The Hall–Kier alpha value is -1.74. The molecular formula is C17H23N3. The van der Waals surface area contributed by atoms with E-state index < -0.39 is 0 Å². The lowest BCUT2D eigenvalue weighted by molar-refractivity contribution is 0.513. The van der Waals surface area contributed by atoms with Crippen LogP contribution in [-0.2, 0) is 6.42 Å². The van der Waals surface area contributed by atoms with Gasteiger partial charge < -0.3 is 5.32 Å². The molecule has 1 aromatic heterocycles. The van der Waals surface area contributed by atoms with Gasteiger partial charge in [-0.1, -0.05) is 44.2 Å². The van der Waals surface area contributed by atoms with E-state index >= 15 is 0 Å². The lowest BCUT2D eigenvalue weighted by Crippen LogP contribution is -2.26. The van der Waals surface area contributed by atoms with Gasteiger partial charge in [-0.25, -0.2) is 9.97 Å².